The highest BCUT2D eigenvalue weighted by Gasteiger charge is 2.23. The van der Waals surface area contributed by atoms with Gasteiger partial charge in [0.15, 0.2) is 5.16 Å². The topological polar surface area (TPSA) is 73.2 Å². The van der Waals surface area contributed by atoms with Gasteiger partial charge >= 0.3 is 0 Å². The van der Waals surface area contributed by atoms with Crippen LogP contribution in [0.15, 0.2) is 52.4 Å². The van der Waals surface area contributed by atoms with Gasteiger partial charge in [-0.3, -0.25) is 14.2 Å². The molecule has 1 aliphatic rings. The number of thiophene rings is 1. The van der Waals surface area contributed by atoms with Gasteiger partial charge in [-0.2, -0.15) is 0 Å². The lowest BCUT2D eigenvalue weighted by molar-refractivity contribution is -0.113. The van der Waals surface area contributed by atoms with Crippen molar-refractivity contribution in [2.75, 3.05) is 17.7 Å². The molecule has 186 valence electrons. The van der Waals surface area contributed by atoms with Gasteiger partial charge in [-0.25, -0.2) is 4.98 Å². The van der Waals surface area contributed by atoms with E-state index in [0.717, 1.165) is 64.0 Å². The summed E-state index contributed by atoms with van der Waals surface area (Å²) in [5.41, 5.74) is 4.76. The molecule has 2 aromatic heterocycles. The van der Waals surface area contributed by atoms with Crippen LogP contribution in [0.5, 0.6) is 5.75 Å². The normalized spacial score (nSPS) is 13.0. The molecule has 2 heterocycles. The number of anilines is 1. The molecule has 2 aromatic carbocycles. The minimum Gasteiger partial charge on any atom is -0.494 e. The first-order valence-electron chi connectivity index (χ1n) is 12.2. The van der Waals surface area contributed by atoms with E-state index in [-0.39, 0.29) is 17.2 Å². The van der Waals surface area contributed by atoms with Crippen molar-refractivity contribution in [1.82, 2.24) is 9.55 Å². The van der Waals surface area contributed by atoms with Crippen molar-refractivity contribution in [1.29, 1.82) is 0 Å². The summed E-state index contributed by atoms with van der Waals surface area (Å²) >= 11 is 2.91. The van der Waals surface area contributed by atoms with Crippen molar-refractivity contribution >= 4 is 44.9 Å². The van der Waals surface area contributed by atoms with Gasteiger partial charge < -0.3 is 10.1 Å². The Labute approximate surface area is 218 Å². The quantitative estimate of drug-likeness (QED) is 0.237. The molecule has 0 aliphatic heterocycles. The average molecular weight is 520 g/mol. The highest BCUT2D eigenvalue weighted by molar-refractivity contribution is 7.99. The van der Waals surface area contributed by atoms with Crippen LogP contribution >= 0.6 is 23.1 Å². The van der Waals surface area contributed by atoms with E-state index in [4.69, 9.17) is 9.72 Å². The number of hydrogen-bond donors (Lipinski definition) is 1. The highest BCUT2D eigenvalue weighted by atomic mass is 32.2. The second-order valence-electron chi connectivity index (χ2n) is 9.07. The Balaban J connectivity index is 1.50. The maximum absolute atomic E-state index is 13.9. The predicted molar refractivity (Wildman–Crippen MR) is 148 cm³/mol. The highest BCUT2D eigenvalue weighted by Crippen LogP contribution is 2.35. The largest absolute Gasteiger partial charge is 0.494 e. The van der Waals surface area contributed by atoms with Crippen LogP contribution in [0.1, 0.15) is 41.3 Å². The third-order valence-electron chi connectivity index (χ3n) is 6.20. The van der Waals surface area contributed by atoms with Crippen LogP contribution in [0.3, 0.4) is 0 Å². The first-order chi connectivity index (χ1) is 17.4. The van der Waals surface area contributed by atoms with Crippen LogP contribution in [-0.2, 0) is 17.6 Å². The molecular weight excluding hydrogens is 490 g/mol. The summed E-state index contributed by atoms with van der Waals surface area (Å²) in [7, 11) is 0. The fourth-order valence-electron chi connectivity index (χ4n) is 4.74. The molecule has 1 N–H and O–H groups in total. The number of hydrogen-bond acceptors (Lipinski definition) is 6. The third kappa shape index (κ3) is 5.06. The van der Waals surface area contributed by atoms with Crippen molar-refractivity contribution in [3.05, 3.63) is 74.4 Å². The Hall–Kier alpha value is -3.10. The summed E-state index contributed by atoms with van der Waals surface area (Å²) in [6.07, 6.45) is 4.16. The molecule has 8 heteroatoms. The van der Waals surface area contributed by atoms with Gasteiger partial charge in [0.2, 0.25) is 5.91 Å². The molecule has 0 unspecified atom stereocenters. The van der Waals surface area contributed by atoms with Crippen molar-refractivity contribution < 1.29 is 9.53 Å². The summed E-state index contributed by atoms with van der Waals surface area (Å²) < 4.78 is 7.23. The van der Waals surface area contributed by atoms with Crippen LogP contribution in [0.4, 0.5) is 5.69 Å². The lowest BCUT2D eigenvalue weighted by Gasteiger charge is -2.14. The van der Waals surface area contributed by atoms with Crippen LogP contribution in [-0.4, -0.2) is 27.8 Å². The Morgan fingerprint density at radius 3 is 2.56 bits per heavy atom. The fourth-order valence-corrected chi connectivity index (χ4v) is 6.86. The average Bonchev–Trinajstić information content (AvgIpc) is 3.22. The van der Waals surface area contributed by atoms with Crippen LogP contribution in [0, 0.1) is 13.8 Å². The molecule has 0 spiro atoms. The summed E-state index contributed by atoms with van der Waals surface area (Å²) in [4.78, 5) is 33.7. The van der Waals surface area contributed by atoms with Gasteiger partial charge in [0.1, 0.15) is 10.6 Å². The molecule has 0 bridgehead atoms. The number of ether oxygens (including phenoxy) is 1. The second kappa shape index (κ2) is 10.5. The second-order valence-corrected chi connectivity index (χ2v) is 11.1. The molecule has 4 aromatic rings. The SMILES string of the molecule is CCOc1ccc(-n2c(SCC(=O)Nc3cc(C)cc(C)c3)nc3sc4c(c3c2=O)CCCC4)cc1. The van der Waals surface area contributed by atoms with E-state index >= 15 is 0 Å². The zero-order valence-corrected chi connectivity index (χ0v) is 22.4. The number of benzene rings is 2. The van der Waals surface area contributed by atoms with E-state index in [1.165, 1.54) is 16.6 Å². The number of thioether (sulfide) groups is 1. The van der Waals surface area contributed by atoms with E-state index in [0.29, 0.717) is 17.5 Å². The van der Waals surface area contributed by atoms with E-state index < -0.39 is 0 Å². The molecule has 1 aliphatic carbocycles. The number of rotatable bonds is 7. The fraction of sp³-hybridized carbons (Fsp3) is 0.321. The summed E-state index contributed by atoms with van der Waals surface area (Å²) in [5.74, 6) is 0.758. The molecule has 0 saturated carbocycles. The minimum absolute atomic E-state index is 0.0687. The van der Waals surface area contributed by atoms with Crippen molar-refractivity contribution in [3.63, 3.8) is 0 Å². The van der Waals surface area contributed by atoms with E-state index in [1.807, 2.05) is 57.2 Å². The molecule has 0 saturated heterocycles. The van der Waals surface area contributed by atoms with Gasteiger partial charge in [-0.15, -0.1) is 11.3 Å². The number of aromatic nitrogens is 2. The first kappa shape index (κ1) is 24.6. The van der Waals surface area contributed by atoms with Crippen LogP contribution < -0.4 is 15.6 Å². The number of carbonyl (C=O) groups excluding carboxylic acids is 1. The van der Waals surface area contributed by atoms with Gasteiger partial charge in [0, 0.05) is 10.6 Å². The zero-order chi connectivity index (χ0) is 25.2. The summed E-state index contributed by atoms with van der Waals surface area (Å²) in [6, 6.07) is 13.4. The van der Waals surface area contributed by atoms with E-state index in [2.05, 4.69) is 11.4 Å². The minimum atomic E-state index is -0.136. The van der Waals surface area contributed by atoms with Crippen LogP contribution in [0.25, 0.3) is 15.9 Å². The zero-order valence-electron chi connectivity index (χ0n) is 20.7. The molecule has 1 amide bonds. The summed E-state index contributed by atoms with van der Waals surface area (Å²) in [5, 5.41) is 4.23. The Bertz CT molecular complexity index is 1470. The van der Waals surface area contributed by atoms with Gasteiger partial charge in [0.05, 0.1) is 23.4 Å². The number of aryl methyl sites for hydroxylation is 4. The van der Waals surface area contributed by atoms with Gasteiger partial charge in [0.25, 0.3) is 5.56 Å². The predicted octanol–water partition coefficient (Wildman–Crippen LogP) is 6.07. The molecule has 0 fully saturated rings. The number of carbonyl (C=O) groups is 1. The maximum atomic E-state index is 13.9. The standard InChI is InChI=1S/C28H29N3O3S2/c1-4-34-21-11-9-20(10-12-21)31-27(33)25-22-7-5-6-8-23(22)36-26(25)30-28(31)35-16-24(32)29-19-14-17(2)13-18(3)15-19/h9-15H,4-8,16H2,1-3H3,(H,29,32). The molecule has 0 atom stereocenters. The molecule has 6 nitrogen and oxygen atoms in total. The number of nitrogens with one attached hydrogen (secondary N) is 1. The number of amides is 1. The Morgan fingerprint density at radius 2 is 1.83 bits per heavy atom. The van der Waals surface area contributed by atoms with Crippen molar-refractivity contribution in [3.8, 4) is 11.4 Å². The lowest BCUT2D eigenvalue weighted by atomic mass is 9.97. The Kier molecular flexibility index (Phi) is 7.16. The van der Waals surface area contributed by atoms with Crippen LogP contribution in [0.2, 0.25) is 0 Å². The number of fused-ring (bicyclic) bond motifs is 3. The molecule has 5 rings (SSSR count). The Morgan fingerprint density at radius 1 is 1.11 bits per heavy atom. The monoisotopic (exact) mass is 519 g/mol. The van der Waals surface area contributed by atoms with E-state index in [9.17, 15) is 9.59 Å². The van der Waals surface area contributed by atoms with Gasteiger partial charge in [-0.05, 0) is 99.5 Å². The molecule has 0 radical (unpaired) electrons. The lowest BCUT2D eigenvalue weighted by Crippen LogP contribution is -2.23. The number of nitrogens with zero attached hydrogens (tertiary/aromatic N) is 2. The molecule has 36 heavy (non-hydrogen) atoms. The smallest absolute Gasteiger partial charge is 0.267 e. The first-order valence-corrected chi connectivity index (χ1v) is 14.0. The van der Waals surface area contributed by atoms with Crippen molar-refractivity contribution in [2.45, 2.75) is 51.6 Å². The summed E-state index contributed by atoms with van der Waals surface area (Å²) in [6.45, 7) is 6.53. The molecular formula is C28H29N3O3S2. The van der Waals surface area contributed by atoms with Crippen molar-refractivity contribution in [2.24, 2.45) is 0 Å². The van der Waals surface area contributed by atoms with Gasteiger partial charge in [-0.1, -0.05) is 17.8 Å². The maximum Gasteiger partial charge on any atom is 0.267 e. The third-order valence-corrected chi connectivity index (χ3v) is 8.33. The van der Waals surface area contributed by atoms with E-state index in [1.54, 1.807) is 15.9 Å².